The molecule has 1 fully saturated rings. The molecule has 2 aromatic heterocycles. The molecular formula is C14H15ClN4O3. The molecule has 0 spiro atoms. The number of halogens is 1. The van der Waals surface area contributed by atoms with Crippen molar-refractivity contribution in [2.24, 2.45) is 0 Å². The monoisotopic (exact) mass is 322 g/mol. The molecule has 3 rings (SSSR count). The molecule has 116 valence electrons. The Morgan fingerprint density at radius 3 is 3.05 bits per heavy atom. The average Bonchev–Trinajstić information content (AvgIpc) is 2.96. The highest BCUT2D eigenvalue weighted by molar-refractivity contribution is 6.30. The second-order valence-electron chi connectivity index (χ2n) is 5.13. The molecule has 3 heterocycles. The number of aromatic nitrogens is 3. The Labute approximate surface area is 131 Å². The maximum absolute atomic E-state index is 12.5. The third kappa shape index (κ3) is 2.90. The summed E-state index contributed by atoms with van der Waals surface area (Å²) in [5.74, 6) is 0.504. The van der Waals surface area contributed by atoms with Crippen LogP contribution in [0.4, 0.5) is 0 Å². The molecule has 0 aromatic carbocycles. The minimum absolute atomic E-state index is 0.00248. The molecule has 7 nitrogen and oxygen atoms in total. The Kier molecular flexibility index (Phi) is 4.00. The Hall–Kier alpha value is -2.12. The van der Waals surface area contributed by atoms with Crippen LogP contribution in [0.15, 0.2) is 23.3 Å². The first-order valence-electron chi connectivity index (χ1n) is 6.85. The van der Waals surface area contributed by atoms with Crippen molar-refractivity contribution >= 4 is 17.5 Å². The normalized spacial score (nSPS) is 18.5. The average molecular weight is 323 g/mol. The second kappa shape index (κ2) is 5.94. The molecule has 0 saturated carbocycles. The minimum atomic E-state index is -0.413. The van der Waals surface area contributed by atoms with Crippen molar-refractivity contribution in [1.82, 2.24) is 19.9 Å². The standard InChI is InChI=1S/C14H15ClN4O3/c1-8-5-16-12(18-8)11-7-19(2-3-22-11)14(21)9-4-10(15)13(20)17-6-9/h4-6,11H,2-3,7H2,1H3,(H,16,18)(H,17,20)/t11-/m1/s1. The van der Waals surface area contributed by atoms with E-state index in [1.807, 2.05) is 6.92 Å². The number of rotatable bonds is 2. The summed E-state index contributed by atoms with van der Waals surface area (Å²) in [4.78, 5) is 35.2. The van der Waals surface area contributed by atoms with Gasteiger partial charge in [0.1, 0.15) is 17.0 Å². The van der Waals surface area contributed by atoms with E-state index in [2.05, 4.69) is 15.0 Å². The SMILES string of the molecule is Cc1cnc([C@H]2CN(C(=O)c3c[nH]c(=O)c(Cl)c3)CCO2)[nH]1. The quantitative estimate of drug-likeness (QED) is 0.871. The Balaban J connectivity index is 1.77. The molecule has 1 aliphatic rings. The van der Waals surface area contributed by atoms with Crippen LogP contribution >= 0.6 is 11.6 Å². The summed E-state index contributed by atoms with van der Waals surface area (Å²) in [6, 6.07) is 1.38. The lowest BCUT2D eigenvalue weighted by Crippen LogP contribution is -2.42. The maximum Gasteiger partial charge on any atom is 0.266 e. The van der Waals surface area contributed by atoms with E-state index in [0.717, 1.165) is 5.69 Å². The van der Waals surface area contributed by atoms with Crippen molar-refractivity contribution in [3.05, 3.63) is 50.9 Å². The number of aromatic amines is 2. The second-order valence-corrected chi connectivity index (χ2v) is 5.53. The van der Waals surface area contributed by atoms with Gasteiger partial charge >= 0.3 is 0 Å². The van der Waals surface area contributed by atoms with E-state index in [-0.39, 0.29) is 17.0 Å². The zero-order valence-corrected chi connectivity index (χ0v) is 12.7. The number of hydrogen-bond donors (Lipinski definition) is 2. The number of amides is 1. The molecule has 0 bridgehead atoms. The van der Waals surface area contributed by atoms with Gasteiger partial charge in [0.25, 0.3) is 11.5 Å². The fourth-order valence-electron chi connectivity index (χ4n) is 2.36. The Morgan fingerprint density at radius 1 is 1.55 bits per heavy atom. The van der Waals surface area contributed by atoms with Gasteiger partial charge in [0.15, 0.2) is 0 Å². The topological polar surface area (TPSA) is 91.1 Å². The number of carbonyl (C=O) groups excluding carboxylic acids is 1. The number of nitrogens with one attached hydrogen (secondary N) is 2. The van der Waals surface area contributed by atoms with Crippen LogP contribution in [0.1, 0.15) is 28.0 Å². The lowest BCUT2D eigenvalue weighted by atomic mass is 10.2. The summed E-state index contributed by atoms with van der Waals surface area (Å²) in [7, 11) is 0. The van der Waals surface area contributed by atoms with E-state index in [0.29, 0.717) is 31.1 Å². The number of ether oxygens (including phenoxy) is 1. The minimum Gasteiger partial charge on any atom is -0.367 e. The smallest absolute Gasteiger partial charge is 0.266 e. The van der Waals surface area contributed by atoms with Gasteiger partial charge in [-0.15, -0.1) is 0 Å². The van der Waals surface area contributed by atoms with E-state index in [1.165, 1.54) is 12.3 Å². The van der Waals surface area contributed by atoms with Crippen molar-refractivity contribution in [2.45, 2.75) is 13.0 Å². The first-order valence-corrected chi connectivity index (χ1v) is 7.23. The van der Waals surface area contributed by atoms with Gasteiger partial charge in [-0.25, -0.2) is 4.98 Å². The van der Waals surface area contributed by atoms with Crippen LogP contribution in [0.5, 0.6) is 0 Å². The van der Waals surface area contributed by atoms with Crippen LogP contribution < -0.4 is 5.56 Å². The number of carbonyl (C=O) groups is 1. The fraction of sp³-hybridized carbons (Fsp3) is 0.357. The zero-order chi connectivity index (χ0) is 15.7. The van der Waals surface area contributed by atoms with Crippen LogP contribution in [0.3, 0.4) is 0 Å². The Bertz CT molecular complexity index is 755. The molecular weight excluding hydrogens is 308 g/mol. The number of H-pyrrole nitrogens is 2. The highest BCUT2D eigenvalue weighted by atomic mass is 35.5. The first kappa shape index (κ1) is 14.8. The van der Waals surface area contributed by atoms with E-state index in [1.54, 1.807) is 11.1 Å². The van der Waals surface area contributed by atoms with Crippen LogP contribution in [0.25, 0.3) is 0 Å². The largest absolute Gasteiger partial charge is 0.367 e. The third-order valence-corrected chi connectivity index (χ3v) is 3.77. The van der Waals surface area contributed by atoms with Crippen LogP contribution in [-0.4, -0.2) is 45.5 Å². The van der Waals surface area contributed by atoms with E-state index >= 15 is 0 Å². The van der Waals surface area contributed by atoms with Crippen LogP contribution in [-0.2, 0) is 4.74 Å². The van der Waals surface area contributed by atoms with Crippen LogP contribution in [0, 0.1) is 6.92 Å². The lowest BCUT2D eigenvalue weighted by Gasteiger charge is -2.32. The van der Waals surface area contributed by atoms with Crippen molar-refractivity contribution < 1.29 is 9.53 Å². The van der Waals surface area contributed by atoms with Gasteiger partial charge in [0, 0.05) is 24.6 Å². The van der Waals surface area contributed by atoms with Gasteiger partial charge in [-0.1, -0.05) is 11.6 Å². The van der Waals surface area contributed by atoms with E-state index < -0.39 is 5.56 Å². The lowest BCUT2D eigenvalue weighted by molar-refractivity contribution is -0.0264. The number of morpholine rings is 1. The molecule has 2 N–H and O–H groups in total. The van der Waals surface area contributed by atoms with Gasteiger partial charge in [0.05, 0.1) is 18.7 Å². The van der Waals surface area contributed by atoms with E-state index in [9.17, 15) is 9.59 Å². The fourth-order valence-corrected chi connectivity index (χ4v) is 2.53. The molecule has 1 amide bonds. The molecule has 1 aliphatic heterocycles. The predicted octanol–water partition coefficient (Wildman–Crippen LogP) is 1.27. The highest BCUT2D eigenvalue weighted by Gasteiger charge is 2.28. The number of hydrogen-bond acceptors (Lipinski definition) is 4. The van der Waals surface area contributed by atoms with Crippen molar-refractivity contribution in [2.75, 3.05) is 19.7 Å². The number of imidazole rings is 1. The summed E-state index contributed by atoms with van der Waals surface area (Å²) in [5.41, 5.74) is 0.875. The maximum atomic E-state index is 12.5. The molecule has 1 atom stereocenters. The van der Waals surface area contributed by atoms with Crippen molar-refractivity contribution in [3.63, 3.8) is 0 Å². The summed E-state index contributed by atoms with van der Waals surface area (Å²) < 4.78 is 5.66. The third-order valence-electron chi connectivity index (χ3n) is 3.49. The molecule has 8 heteroatoms. The van der Waals surface area contributed by atoms with Crippen molar-refractivity contribution in [3.8, 4) is 0 Å². The summed E-state index contributed by atoms with van der Waals surface area (Å²) in [6.07, 6.45) is 2.81. The molecule has 2 aromatic rings. The van der Waals surface area contributed by atoms with Gasteiger partial charge < -0.3 is 19.6 Å². The van der Waals surface area contributed by atoms with Crippen molar-refractivity contribution in [1.29, 1.82) is 0 Å². The van der Waals surface area contributed by atoms with Gasteiger partial charge in [-0.3, -0.25) is 9.59 Å². The predicted molar refractivity (Wildman–Crippen MR) is 80.0 cm³/mol. The summed E-state index contributed by atoms with van der Waals surface area (Å²) >= 11 is 5.77. The van der Waals surface area contributed by atoms with E-state index in [4.69, 9.17) is 16.3 Å². The van der Waals surface area contributed by atoms with Gasteiger partial charge in [0.2, 0.25) is 0 Å². The molecule has 0 radical (unpaired) electrons. The Morgan fingerprint density at radius 2 is 2.36 bits per heavy atom. The molecule has 0 unspecified atom stereocenters. The number of nitrogens with zero attached hydrogens (tertiary/aromatic N) is 2. The first-order chi connectivity index (χ1) is 10.5. The summed E-state index contributed by atoms with van der Waals surface area (Å²) in [5, 5.41) is -0.00248. The van der Waals surface area contributed by atoms with Crippen LogP contribution in [0.2, 0.25) is 5.02 Å². The summed E-state index contributed by atoms with van der Waals surface area (Å²) in [6.45, 7) is 3.20. The number of aryl methyl sites for hydroxylation is 1. The molecule has 22 heavy (non-hydrogen) atoms. The van der Waals surface area contributed by atoms with Gasteiger partial charge in [-0.05, 0) is 13.0 Å². The molecule has 1 saturated heterocycles. The zero-order valence-electron chi connectivity index (χ0n) is 11.9. The highest BCUT2D eigenvalue weighted by Crippen LogP contribution is 2.21. The van der Waals surface area contributed by atoms with Gasteiger partial charge in [-0.2, -0.15) is 0 Å². The number of pyridine rings is 1. The molecule has 0 aliphatic carbocycles.